The molecule has 3 aromatic rings. The van der Waals surface area contributed by atoms with Gasteiger partial charge in [0.2, 0.25) is 0 Å². The minimum Gasteiger partial charge on any atom is -0.302 e. The van der Waals surface area contributed by atoms with Crippen LogP contribution in [0.2, 0.25) is 0 Å². The first-order valence-corrected chi connectivity index (χ1v) is 7.78. The first-order valence-electron chi connectivity index (χ1n) is 6.47. The third kappa shape index (κ3) is 2.21. The van der Waals surface area contributed by atoms with Crippen LogP contribution in [0.25, 0.3) is 11.2 Å². The SMILES string of the molecule is Cc1ccc2nc(C(C)Cl)n(C(C)c3nccs3)c2n1. The Morgan fingerprint density at radius 3 is 2.70 bits per heavy atom. The lowest BCUT2D eigenvalue weighted by atomic mass is 10.3. The quantitative estimate of drug-likeness (QED) is 0.684. The molecule has 3 heterocycles. The van der Waals surface area contributed by atoms with Crippen molar-refractivity contribution >= 4 is 34.1 Å². The smallest absolute Gasteiger partial charge is 0.160 e. The molecule has 3 aromatic heterocycles. The van der Waals surface area contributed by atoms with Crippen molar-refractivity contribution in [3.8, 4) is 0 Å². The molecule has 0 saturated carbocycles. The molecule has 0 aliphatic carbocycles. The number of fused-ring (bicyclic) bond motifs is 1. The fourth-order valence-corrected chi connectivity index (χ4v) is 3.14. The standard InChI is InChI=1S/C14H15ClN4S/c1-8-4-5-11-13(17-8)19(12(18-11)9(2)15)10(3)14-16-6-7-20-14/h4-7,9-10H,1-3H3. The molecule has 0 bridgehead atoms. The Labute approximate surface area is 126 Å². The lowest BCUT2D eigenvalue weighted by Gasteiger charge is -2.16. The lowest BCUT2D eigenvalue weighted by Crippen LogP contribution is -2.11. The summed E-state index contributed by atoms with van der Waals surface area (Å²) in [6.07, 6.45) is 1.82. The molecule has 104 valence electrons. The van der Waals surface area contributed by atoms with Crippen LogP contribution in [0.5, 0.6) is 0 Å². The lowest BCUT2D eigenvalue weighted by molar-refractivity contribution is 0.610. The maximum atomic E-state index is 6.30. The highest BCUT2D eigenvalue weighted by Crippen LogP contribution is 2.30. The van der Waals surface area contributed by atoms with Crippen LogP contribution in [-0.2, 0) is 0 Å². The summed E-state index contributed by atoms with van der Waals surface area (Å²) < 4.78 is 2.10. The molecule has 0 N–H and O–H groups in total. The van der Waals surface area contributed by atoms with Gasteiger partial charge in [0, 0.05) is 17.3 Å². The molecule has 0 spiro atoms. The number of thiazole rings is 1. The fraction of sp³-hybridized carbons (Fsp3) is 0.357. The Hall–Kier alpha value is -1.46. The summed E-state index contributed by atoms with van der Waals surface area (Å²) >= 11 is 7.93. The van der Waals surface area contributed by atoms with E-state index in [0.29, 0.717) is 0 Å². The average molecular weight is 307 g/mol. The number of imidazole rings is 1. The molecule has 20 heavy (non-hydrogen) atoms. The predicted molar refractivity (Wildman–Crippen MR) is 82.5 cm³/mol. The number of aryl methyl sites for hydroxylation is 1. The summed E-state index contributed by atoms with van der Waals surface area (Å²) in [4.78, 5) is 13.7. The second-order valence-corrected chi connectivity index (χ2v) is 6.38. The van der Waals surface area contributed by atoms with Crippen LogP contribution < -0.4 is 0 Å². The van der Waals surface area contributed by atoms with Gasteiger partial charge in [-0.05, 0) is 32.9 Å². The van der Waals surface area contributed by atoms with Crippen LogP contribution in [0.3, 0.4) is 0 Å². The van der Waals surface area contributed by atoms with E-state index in [1.54, 1.807) is 11.3 Å². The summed E-state index contributed by atoms with van der Waals surface area (Å²) in [5.74, 6) is 0.836. The largest absolute Gasteiger partial charge is 0.302 e. The molecule has 0 amide bonds. The highest BCUT2D eigenvalue weighted by molar-refractivity contribution is 7.09. The normalized spacial score (nSPS) is 14.6. The van der Waals surface area contributed by atoms with Crippen LogP contribution >= 0.6 is 22.9 Å². The number of alkyl halides is 1. The zero-order valence-corrected chi connectivity index (χ0v) is 13.1. The van der Waals surface area contributed by atoms with Crippen LogP contribution in [-0.4, -0.2) is 19.5 Å². The summed E-state index contributed by atoms with van der Waals surface area (Å²) in [5.41, 5.74) is 2.72. The van der Waals surface area contributed by atoms with Crippen molar-refractivity contribution in [3.05, 3.63) is 40.2 Å². The van der Waals surface area contributed by atoms with Gasteiger partial charge in [0.15, 0.2) is 5.65 Å². The number of hydrogen-bond donors (Lipinski definition) is 0. The summed E-state index contributed by atoms with van der Waals surface area (Å²) in [7, 11) is 0. The van der Waals surface area contributed by atoms with E-state index in [0.717, 1.165) is 27.7 Å². The summed E-state index contributed by atoms with van der Waals surface area (Å²) in [6, 6.07) is 4.03. The third-order valence-electron chi connectivity index (χ3n) is 3.26. The topological polar surface area (TPSA) is 43.6 Å². The number of rotatable bonds is 3. The van der Waals surface area contributed by atoms with Gasteiger partial charge in [0.1, 0.15) is 16.3 Å². The molecule has 0 fully saturated rings. The minimum atomic E-state index is -0.174. The summed E-state index contributed by atoms with van der Waals surface area (Å²) in [6.45, 7) is 6.02. The second-order valence-electron chi connectivity index (χ2n) is 4.80. The maximum Gasteiger partial charge on any atom is 0.160 e. The molecule has 2 atom stereocenters. The number of aromatic nitrogens is 4. The molecule has 0 aromatic carbocycles. The van der Waals surface area contributed by atoms with E-state index in [-0.39, 0.29) is 11.4 Å². The van der Waals surface area contributed by atoms with Gasteiger partial charge in [0.05, 0.1) is 11.4 Å². The van der Waals surface area contributed by atoms with Gasteiger partial charge in [-0.3, -0.25) is 0 Å². The molecule has 3 rings (SSSR count). The highest BCUT2D eigenvalue weighted by Gasteiger charge is 2.22. The highest BCUT2D eigenvalue weighted by atomic mass is 35.5. The van der Waals surface area contributed by atoms with Crippen LogP contribution in [0.15, 0.2) is 23.7 Å². The van der Waals surface area contributed by atoms with Crippen molar-refractivity contribution in [2.45, 2.75) is 32.2 Å². The zero-order valence-electron chi connectivity index (χ0n) is 11.5. The van der Waals surface area contributed by atoms with E-state index in [4.69, 9.17) is 11.6 Å². The number of nitrogens with zero attached hydrogens (tertiary/aromatic N) is 4. The molecule has 0 aliphatic heterocycles. The first kappa shape index (κ1) is 13.5. The van der Waals surface area contributed by atoms with Crippen molar-refractivity contribution in [1.82, 2.24) is 19.5 Å². The molecule has 0 saturated heterocycles. The monoisotopic (exact) mass is 306 g/mol. The Balaban J connectivity index is 2.25. The minimum absolute atomic E-state index is 0.0745. The van der Waals surface area contributed by atoms with E-state index in [2.05, 4.69) is 26.4 Å². The van der Waals surface area contributed by atoms with Crippen molar-refractivity contribution in [2.75, 3.05) is 0 Å². The van der Waals surface area contributed by atoms with E-state index >= 15 is 0 Å². The van der Waals surface area contributed by atoms with E-state index < -0.39 is 0 Å². The third-order valence-corrected chi connectivity index (χ3v) is 4.40. The molecular formula is C14H15ClN4S. The van der Waals surface area contributed by atoms with Crippen LogP contribution in [0.4, 0.5) is 0 Å². The predicted octanol–water partition coefficient (Wildman–Crippen LogP) is 4.11. The zero-order chi connectivity index (χ0) is 14.3. The number of pyridine rings is 1. The molecule has 2 unspecified atom stereocenters. The van der Waals surface area contributed by atoms with Crippen molar-refractivity contribution in [1.29, 1.82) is 0 Å². The first-order chi connectivity index (χ1) is 9.58. The molecular weight excluding hydrogens is 292 g/mol. The molecule has 4 nitrogen and oxygen atoms in total. The van der Waals surface area contributed by atoms with Gasteiger partial charge in [-0.25, -0.2) is 15.0 Å². The number of halogens is 1. The van der Waals surface area contributed by atoms with Gasteiger partial charge in [-0.15, -0.1) is 22.9 Å². The Bertz CT molecular complexity index is 733. The van der Waals surface area contributed by atoms with Crippen molar-refractivity contribution < 1.29 is 0 Å². The van der Waals surface area contributed by atoms with E-state index in [1.807, 2.05) is 37.6 Å². The Morgan fingerprint density at radius 2 is 2.05 bits per heavy atom. The van der Waals surface area contributed by atoms with E-state index in [9.17, 15) is 0 Å². The molecule has 0 radical (unpaired) electrons. The van der Waals surface area contributed by atoms with Gasteiger partial charge in [-0.2, -0.15) is 0 Å². The van der Waals surface area contributed by atoms with Crippen LogP contribution in [0.1, 0.15) is 41.8 Å². The fourth-order valence-electron chi connectivity index (χ4n) is 2.30. The number of hydrogen-bond acceptors (Lipinski definition) is 4. The summed E-state index contributed by atoms with van der Waals surface area (Å²) in [5, 5.41) is 2.84. The average Bonchev–Trinajstić information content (AvgIpc) is 3.04. The van der Waals surface area contributed by atoms with Crippen LogP contribution in [0, 0.1) is 6.92 Å². The van der Waals surface area contributed by atoms with Gasteiger partial charge in [-0.1, -0.05) is 0 Å². The second kappa shape index (κ2) is 5.14. The van der Waals surface area contributed by atoms with E-state index in [1.165, 1.54) is 0 Å². The van der Waals surface area contributed by atoms with Gasteiger partial charge < -0.3 is 4.57 Å². The van der Waals surface area contributed by atoms with Gasteiger partial charge >= 0.3 is 0 Å². The maximum absolute atomic E-state index is 6.30. The van der Waals surface area contributed by atoms with Crippen molar-refractivity contribution in [3.63, 3.8) is 0 Å². The van der Waals surface area contributed by atoms with Gasteiger partial charge in [0.25, 0.3) is 0 Å². The van der Waals surface area contributed by atoms with Crippen molar-refractivity contribution in [2.24, 2.45) is 0 Å². The Kier molecular flexibility index (Phi) is 3.48. The molecule has 0 aliphatic rings. The Morgan fingerprint density at radius 1 is 1.25 bits per heavy atom. The molecule has 6 heteroatoms.